The van der Waals surface area contributed by atoms with Crippen LogP contribution in [0.15, 0.2) is 77.7 Å². The first-order valence-corrected chi connectivity index (χ1v) is 9.97. The van der Waals surface area contributed by atoms with E-state index in [0.29, 0.717) is 5.69 Å². The number of methoxy groups -OCH3 is 1. The zero-order valence-corrected chi connectivity index (χ0v) is 16.0. The maximum absolute atomic E-state index is 12.7. The first kappa shape index (κ1) is 18.7. The van der Waals surface area contributed by atoms with E-state index in [1.807, 2.05) is 55.5 Å². The third-order valence-corrected chi connectivity index (χ3v) is 5.49. The van der Waals surface area contributed by atoms with E-state index in [9.17, 15) is 8.42 Å². The van der Waals surface area contributed by atoms with Crippen LogP contribution in [0.25, 0.3) is 12.2 Å². The molecule has 0 saturated carbocycles. The zero-order valence-electron chi connectivity index (χ0n) is 15.2. The smallest absolute Gasteiger partial charge is 0.261 e. The average molecular weight is 379 g/mol. The number of benzene rings is 3. The number of rotatable bonds is 6. The summed E-state index contributed by atoms with van der Waals surface area (Å²) in [5.74, 6) is 0.790. The molecule has 3 aromatic carbocycles. The summed E-state index contributed by atoms with van der Waals surface area (Å²) in [5.41, 5.74) is 3.32. The molecule has 0 aromatic heterocycles. The molecule has 3 aromatic rings. The van der Waals surface area contributed by atoms with Crippen molar-refractivity contribution >= 4 is 27.9 Å². The predicted octanol–water partition coefficient (Wildman–Crippen LogP) is 4.97. The van der Waals surface area contributed by atoms with Crippen molar-refractivity contribution in [3.8, 4) is 5.75 Å². The van der Waals surface area contributed by atoms with Gasteiger partial charge in [0.25, 0.3) is 10.0 Å². The number of nitrogens with one attached hydrogen (secondary N) is 1. The summed E-state index contributed by atoms with van der Waals surface area (Å²) in [6.45, 7) is 1.92. The molecule has 0 aliphatic heterocycles. The van der Waals surface area contributed by atoms with Crippen LogP contribution >= 0.6 is 0 Å². The Bertz CT molecular complexity index is 1040. The highest BCUT2D eigenvalue weighted by Gasteiger charge is 2.15. The van der Waals surface area contributed by atoms with E-state index in [1.54, 1.807) is 43.5 Å². The standard InChI is InChI=1S/C22H21NO3S/c1-17-7-15-21(16-8-17)27(24,25)23-22-6-4-3-5-19(22)12-9-18-10-13-20(26-2)14-11-18/h3-16,23H,1-2H3/b12-9+. The van der Waals surface area contributed by atoms with Crippen molar-refractivity contribution in [2.24, 2.45) is 0 Å². The van der Waals surface area contributed by atoms with Gasteiger partial charge in [-0.2, -0.15) is 0 Å². The molecule has 0 heterocycles. The highest BCUT2D eigenvalue weighted by molar-refractivity contribution is 7.92. The molecule has 27 heavy (non-hydrogen) atoms. The number of anilines is 1. The van der Waals surface area contributed by atoms with Gasteiger partial charge in [-0.15, -0.1) is 0 Å². The van der Waals surface area contributed by atoms with E-state index < -0.39 is 10.0 Å². The number of para-hydroxylation sites is 1. The Kier molecular flexibility index (Phi) is 5.62. The molecular formula is C22H21NO3S. The topological polar surface area (TPSA) is 55.4 Å². The fourth-order valence-electron chi connectivity index (χ4n) is 2.56. The molecular weight excluding hydrogens is 358 g/mol. The SMILES string of the molecule is COc1ccc(/C=C/c2ccccc2NS(=O)(=O)c2ccc(C)cc2)cc1. The first-order chi connectivity index (χ1) is 13.0. The van der Waals surface area contributed by atoms with Crippen LogP contribution in [-0.2, 0) is 10.0 Å². The Morgan fingerprint density at radius 1 is 0.852 bits per heavy atom. The second-order valence-corrected chi connectivity index (χ2v) is 7.79. The molecule has 0 amide bonds. The quantitative estimate of drug-likeness (QED) is 0.615. The van der Waals surface area contributed by atoms with Crippen LogP contribution in [0.5, 0.6) is 5.75 Å². The van der Waals surface area contributed by atoms with Gasteiger partial charge in [-0.05, 0) is 48.4 Å². The summed E-state index contributed by atoms with van der Waals surface area (Å²) in [6, 6.07) is 21.7. The van der Waals surface area contributed by atoms with E-state index in [0.717, 1.165) is 22.4 Å². The number of sulfonamides is 1. The molecule has 5 heteroatoms. The molecule has 0 fully saturated rings. The monoisotopic (exact) mass is 379 g/mol. The maximum Gasteiger partial charge on any atom is 0.261 e. The minimum atomic E-state index is -3.64. The average Bonchev–Trinajstić information content (AvgIpc) is 2.68. The van der Waals surface area contributed by atoms with Crippen LogP contribution in [0.4, 0.5) is 5.69 Å². The van der Waals surface area contributed by atoms with E-state index >= 15 is 0 Å². The second kappa shape index (κ2) is 8.10. The zero-order chi connectivity index (χ0) is 19.3. The Labute approximate surface area is 160 Å². The van der Waals surface area contributed by atoms with Crippen molar-refractivity contribution in [1.82, 2.24) is 0 Å². The lowest BCUT2D eigenvalue weighted by molar-refractivity contribution is 0.415. The van der Waals surface area contributed by atoms with Gasteiger partial charge in [0.05, 0.1) is 17.7 Å². The third-order valence-electron chi connectivity index (χ3n) is 4.11. The van der Waals surface area contributed by atoms with Crippen molar-refractivity contribution in [3.63, 3.8) is 0 Å². The molecule has 0 aliphatic rings. The van der Waals surface area contributed by atoms with E-state index in [2.05, 4.69) is 4.72 Å². The molecule has 4 nitrogen and oxygen atoms in total. The van der Waals surface area contributed by atoms with Gasteiger partial charge < -0.3 is 4.74 Å². The molecule has 3 rings (SSSR count). The predicted molar refractivity (Wildman–Crippen MR) is 110 cm³/mol. The Hall–Kier alpha value is -3.05. The first-order valence-electron chi connectivity index (χ1n) is 8.48. The van der Waals surface area contributed by atoms with Gasteiger partial charge in [0.15, 0.2) is 0 Å². The highest BCUT2D eigenvalue weighted by atomic mass is 32.2. The van der Waals surface area contributed by atoms with E-state index in [4.69, 9.17) is 4.74 Å². The van der Waals surface area contributed by atoms with Gasteiger partial charge in [0.1, 0.15) is 5.75 Å². The summed E-state index contributed by atoms with van der Waals surface area (Å²) in [7, 11) is -2.02. The minimum absolute atomic E-state index is 0.238. The van der Waals surface area contributed by atoms with Crippen LogP contribution in [-0.4, -0.2) is 15.5 Å². The molecule has 0 bridgehead atoms. The van der Waals surface area contributed by atoms with Gasteiger partial charge in [0.2, 0.25) is 0 Å². The van der Waals surface area contributed by atoms with Crippen molar-refractivity contribution in [1.29, 1.82) is 0 Å². The summed E-state index contributed by atoms with van der Waals surface area (Å²) in [5, 5.41) is 0. The lowest BCUT2D eigenvalue weighted by atomic mass is 10.1. The van der Waals surface area contributed by atoms with E-state index in [1.165, 1.54) is 0 Å². The number of hydrogen-bond acceptors (Lipinski definition) is 3. The third kappa shape index (κ3) is 4.77. The highest BCUT2D eigenvalue weighted by Crippen LogP contribution is 2.23. The second-order valence-electron chi connectivity index (χ2n) is 6.11. The summed E-state index contributed by atoms with van der Waals surface area (Å²) < 4.78 is 33.2. The van der Waals surface area contributed by atoms with E-state index in [-0.39, 0.29) is 4.90 Å². The number of hydrogen-bond donors (Lipinski definition) is 1. The molecule has 0 spiro atoms. The normalized spacial score (nSPS) is 11.5. The summed E-state index contributed by atoms with van der Waals surface area (Å²) >= 11 is 0. The summed E-state index contributed by atoms with van der Waals surface area (Å²) in [6.07, 6.45) is 3.81. The van der Waals surface area contributed by atoms with Crippen LogP contribution in [0, 0.1) is 6.92 Å². The Morgan fingerprint density at radius 2 is 1.52 bits per heavy atom. The van der Waals surface area contributed by atoms with Crippen molar-refractivity contribution in [2.75, 3.05) is 11.8 Å². The lowest BCUT2D eigenvalue weighted by Gasteiger charge is -2.11. The molecule has 138 valence electrons. The van der Waals surface area contributed by atoms with Gasteiger partial charge >= 0.3 is 0 Å². The molecule has 1 N–H and O–H groups in total. The minimum Gasteiger partial charge on any atom is -0.497 e. The fraction of sp³-hybridized carbons (Fsp3) is 0.0909. The molecule has 0 radical (unpaired) electrons. The number of ether oxygens (including phenoxy) is 1. The van der Waals surface area contributed by atoms with Crippen molar-refractivity contribution in [2.45, 2.75) is 11.8 Å². The number of aryl methyl sites for hydroxylation is 1. The molecule has 0 saturated heterocycles. The van der Waals surface area contributed by atoms with Gasteiger partial charge in [-0.1, -0.05) is 60.2 Å². The van der Waals surface area contributed by atoms with Gasteiger partial charge in [-0.25, -0.2) is 8.42 Å². The summed E-state index contributed by atoms with van der Waals surface area (Å²) in [4.78, 5) is 0.238. The van der Waals surface area contributed by atoms with Gasteiger partial charge in [0, 0.05) is 0 Å². The molecule has 0 aliphatic carbocycles. The lowest BCUT2D eigenvalue weighted by Crippen LogP contribution is -2.13. The van der Waals surface area contributed by atoms with Crippen LogP contribution in [0.1, 0.15) is 16.7 Å². The van der Waals surface area contributed by atoms with Crippen LogP contribution < -0.4 is 9.46 Å². The van der Waals surface area contributed by atoms with Crippen molar-refractivity contribution < 1.29 is 13.2 Å². The van der Waals surface area contributed by atoms with Gasteiger partial charge in [-0.3, -0.25) is 4.72 Å². The van der Waals surface area contributed by atoms with Crippen LogP contribution in [0.3, 0.4) is 0 Å². The fourth-order valence-corrected chi connectivity index (χ4v) is 3.65. The van der Waals surface area contributed by atoms with Crippen LogP contribution in [0.2, 0.25) is 0 Å². The Morgan fingerprint density at radius 3 is 2.19 bits per heavy atom. The maximum atomic E-state index is 12.7. The largest absolute Gasteiger partial charge is 0.497 e. The molecule has 0 unspecified atom stereocenters. The molecule has 0 atom stereocenters. The Balaban J connectivity index is 1.85. The van der Waals surface area contributed by atoms with Crippen molar-refractivity contribution in [3.05, 3.63) is 89.5 Å².